The summed E-state index contributed by atoms with van der Waals surface area (Å²) in [5.41, 5.74) is 5.33. The average molecular weight is 263 g/mol. The van der Waals surface area contributed by atoms with Gasteiger partial charge in [0.25, 0.3) is 0 Å². The van der Waals surface area contributed by atoms with E-state index in [9.17, 15) is 4.79 Å². The van der Waals surface area contributed by atoms with Crippen LogP contribution in [0, 0.1) is 0 Å². The molecular formula is C12H17N5O2. The van der Waals surface area contributed by atoms with Gasteiger partial charge in [0, 0.05) is 32.4 Å². The van der Waals surface area contributed by atoms with Gasteiger partial charge >= 0.3 is 0 Å². The van der Waals surface area contributed by atoms with E-state index in [1.165, 1.54) is 0 Å². The molecule has 7 heteroatoms. The van der Waals surface area contributed by atoms with E-state index in [1.54, 1.807) is 11.1 Å². The maximum absolute atomic E-state index is 11.8. The lowest BCUT2D eigenvalue weighted by atomic mass is 10.2. The van der Waals surface area contributed by atoms with Gasteiger partial charge in [0.15, 0.2) is 0 Å². The van der Waals surface area contributed by atoms with Gasteiger partial charge in [-0.15, -0.1) is 0 Å². The predicted octanol–water partition coefficient (Wildman–Crippen LogP) is -0.133. The van der Waals surface area contributed by atoms with Crippen molar-refractivity contribution in [3.05, 3.63) is 24.4 Å². The van der Waals surface area contributed by atoms with E-state index in [4.69, 9.17) is 10.9 Å². The van der Waals surface area contributed by atoms with Crippen LogP contribution >= 0.6 is 0 Å². The van der Waals surface area contributed by atoms with E-state index < -0.39 is 0 Å². The molecule has 0 atom stereocenters. The fourth-order valence-corrected chi connectivity index (χ4v) is 2.03. The van der Waals surface area contributed by atoms with Crippen LogP contribution in [0.4, 0.5) is 5.82 Å². The second kappa shape index (κ2) is 6.03. The molecular weight excluding hydrogens is 246 g/mol. The quantitative estimate of drug-likeness (QED) is 0.343. The Bertz CT molecular complexity index is 454. The van der Waals surface area contributed by atoms with E-state index in [0.717, 1.165) is 18.9 Å². The zero-order chi connectivity index (χ0) is 13.7. The van der Waals surface area contributed by atoms with Crippen molar-refractivity contribution in [3.63, 3.8) is 0 Å². The number of amidine groups is 1. The topological polar surface area (TPSA) is 95.1 Å². The molecule has 0 bridgehead atoms. The first-order valence-electron chi connectivity index (χ1n) is 6.11. The molecule has 1 aromatic heterocycles. The minimum Gasteiger partial charge on any atom is -0.409 e. The van der Waals surface area contributed by atoms with Crippen molar-refractivity contribution in [1.82, 2.24) is 9.88 Å². The molecule has 19 heavy (non-hydrogen) atoms. The molecule has 0 radical (unpaired) electrons. The van der Waals surface area contributed by atoms with Gasteiger partial charge in [-0.3, -0.25) is 4.79 Å². The molecule has 1 amide bonds. The van der Waals surface area contributed by atoms with Crippen LogP contribution in [0.1, 0.15) is 6.42 Å². The Balaban J connectivity index is 1.87. The van der Waals surface area contributed by atoms with Crippen LogP contribution in [-0.2, 0) is 4.79 Å². The van der Waals surface area contributed by atoms with Crippen LogP contribution in [0.5, 0.6) is 0 Å². The molecule has 1 aromatic rings. The normalized spacial score (nSPS) is 16.5. The van der Waals surface area contributed by atoms with Crippen LogP contribution in [0.3, 0.4) is 0 Å². The molecule has 102 valence electrons. The molecule has 3 N–H and O–H groups in total. The zero-order valence-corrected chi connectivity index (χ0v) is 10.6. The van der Waals surface area contributed by atoms with Crippen molar-refractivity contribution in [2.45, 2.75) is 6.42 Å². The van der Waals surface area contributed by atoms with Gasteiger partial charge in [-0.05, 0) is 12.1 Å². The predicted molar refractivity (Wildman–Crippen MR) is 71.1 cm³/mol. The van der Waals surface area contributed by atoms with Crippen LogP contribution in [0.2, 0.25) is 0 Å². The van der Waals surface area contributed by atoms with Gasteiger partial charge in [0.05, 0.1) is 6.42 Å². The summed E-state index contributed by atoms with van der Waals surface area (Å²) in [6.07, 6.45) is 1.71. The van der Waals surface area contributed by atoms with Crippen LogP contribution in [0.15, 0.2) is 29.6 Å². The van der Waals surface area contributed by atoms with E-state index in [2.05, 4.69) is 15.0 Å². The maximum Gasteiger partial charge on any atom is 0.230 e. The lowest BCUT2D eigenvalue weighted by Gasteiger charge is -2.35. The molecule has 2 rings (SSSR count). The Labute approximate surface area is 111 Å². The number of pyridine rings is 1. The third kappa shape index (κ3) is 3.34. The van der Waals surface area contributed by atoms with Crippen molar-refractivity contribution in [3.8, 4) is 0 Å². The highest BCUT2D eigenvalue weighted by molar-refractivity contribution is 5.98. The largest absolute Gasteiger partial charge is 0.409 e. The molecule has 0 spiro atoms. The Hall–Kier alpha value is -2.31. The summed E-state index contributed by atoms with van der Waals surface area (Å²) in [7, 11) is 0. The second-order valence-electron chi connectivity index (χ2n) is 4.32. The van der Waals surface area contributed by atoms with Gasteiger partial charge in [-0.1, -0.05) is 11.2 Å². The number of rotatable bonds is 3. The van der Waals surface area contributed by atoms with Gasteiger partial charge < -0.3 is 20.7 Å². The lowest BCUT2D eigenvalue weighted by Crippen LogP contribution is -2.49. The highest BCUT2D eigenvalue weighted by Crippen LogP contribution is 2.12. The highest BCUT2D eigenvalue weighted by atomic mass is 16.4. The molecule has 1 aliphatic heterocycles. The van der Waals surface area contributed by atoms with Gasteiger partial charge in [-0.25, -0.2) is 4.98 Å². The molecule has 1 fully saturated rings. The maximum atomic E-state index is 11.8. The second-order valence-corrected chi connectivity index (χ2v) is 4.32. The zero-order valence-electron chi connectivity index (χ0n) is 10.6. The van der Waals surface area contributed by atoms with E-state index in [1.807, 2.05) is 18.2 Å². The van der Waals surface area contributed by atoms with Crippen molar-refractivity contribution in [1.29, 1.82) is 0 Å². The summed E-state index contributed by atoms with van der Waals surface area (Å²) in [6, 6.07) is 5.77. The number of nitrogens with zero attached hydrogens (tertiary/aromatic N) is 4. The third-order valence-electron chi connectivity index (χ3n) is 3.07. The Morgan fingerprint density at radius 3 is 2.68 bits per heavy atom. The van der Waals surface area contributed by atoms with Crippen LogP contribution in [0.25, 0.3) is 0 Å². The number of nitrogens with two attached hydrogens (primary N) is 1. The first kappa shape index (κ1) is 13.1. The summed E-state index contributed by atoms with van der Waals surface area (Å²) >= 11 is 0. The van der Waals surface area contributed by atoms with Crippen LogP contribution in [-0.4, -0.2) is 53.0 Å². The first-order chi connectivity index (χ1) is 9.20. The minimum absolute atomic E-state index is 0.0416. The number of carbonyl (C=O) groups is 1. The Kier molecular flexibility index (Phi) is 4.17. The van der Waals surface area contributed by atoms with Crippen molar-refractivity contribution in [2.75, 3.05) is 31.1 Å². The number of hydrogen-bond donors (Lipinski definition) is 2. The fourth-order valence-electron chi connectivity index (χ4n) is 2.03. The van der Waals surface area contributed by atoms with Crippen LogP contribution < -0.4 is 10.6 Å². The lowest BCUT2D eigenvalue weighted by molar-refractivity contribution is -0.130. The summed E-state index contributed by atoms with van der Waals surface area (Å²) in [5.74, 6) is 0.749. The summed E-state index contributed by atoms with van der Waals surface area (Å²) < 4.78 is 0. The average Bonchev–Trinajstić information content (AvgIpc) is 2.48. The molecule has 0 aromatic carbocycles. The van der Waals surface area contributed by atoms with Gasteiger partial charge in [0.2, 0.25) is 5.91 Å². The number of amides is 1. The van der Waals surface area contributed by atoms with Crippen molar-refractivity contribution >= 4 is 17.6 Å². The number of oxime groups is 1. The highest BCUT2D eigenvalue weighted by Gasteiger charge is 2.22. The number of carbonyl (C=O) groups excluding carboxylic acids is 1. The van der Waals surface area contributed by atoms with Crippen molar-refractivity contribution in [2.24, 2.45) is 10.9 Å². The first-order valence-corrected chi connectivity index (χ1v) is 6.11. The van der Waals surface area contributed by atoms with Gasteiger partial charge in [0.1, 0.15) is 11.7 Å². The molecule has 0 aliphatic carbocycles. The van der Waals surface area contributed by atoms with Crippen molar-refractivity contribution < 1.29 is 10.0 Å². The summed E-state index contributed by atoms with van der Waals surface area (Å²) in [5, 5.41) is 11.3. The summed E-state index contributed by atoms with van der Waals surface area (Å²) in [4.78, 5) is 20.0. The monoisotopic (exact) mass is 263 g/mol. The molecule has 7 nitrogen and oxygen atoms in total. The van der Waals surface area contributed by atoms with E-state index >= 15 is 0 Å². The molecule has 0 unspecified atom stereocenters. The fraction of sp³-hybridized carbons (Fsp3) is 0.417. The Morgan fingerprint density at radius 2 is 2.11 bits per heavy atom. The Morgan fingerprint density at radius 1 is 1.37 bits per heavy atom. The third-order valence-corrected chi connectivity index (χ3v) is 3.07. The number of piperazine rings is 1. The van der Waals surface area contributed by atoms with E-state index in [0.29, 0.717) is 13.1 Å². The molecule has 0 saturated carbocycles. The summed E-state index contributed by atoms with van der Waals surface area (Å²) in [6.45, 7) is 2.71. The smallest absolute Gasteiger partial charge is 0.230 e. The number of aromatic nitrogens is 1. The molecule has 1 aliphatic rings. The van der Waals surface area contributed by atoms with E-state index in [-0.39, 0.29) is 18.2 Å². The number of hydrogen-bond acceptors (Lipinski definition) is 5. The SMILES string of the molecule is N/C(CC(=O)N1CCN(c2ccccn2)CC1)=N\O. The minimum atomic E-state index is -0.115. The molecule has 1 saturated heterocycles. The standard InChI is InChI=1S/C12H17N5O2/c13-10(15-19)9-12(18)17-7-5-16(6-8-17)11-3-1-2-4-14-11/h1-4,19H,5-9H2,(H2,13,15). The molecule has 2 heterocycles. The van der Waals surface area contributed by atoms with Gasteiger partial charge in [-0.2, -0.15) is 0 Å². The number of anilines is 1.